The van der Waals surface area contributed by atoms with Crippen molar-refractivity contribution >= 4 is 23.6 Å². The Hall–Kier alpha value is -1.49. The molecule has 1 heterocycles. The molecule has 108 valence electrons. The Balaban J connectivity index is 2.33. The second kappa shape index (κ2) is 6.31. The molecule has 2 rings (SSSR count). The Kier molecular flexibility index (Phi) is 4.70. The Morgan fingerprint density at radius 2 is 1.95 bits per heavy atom. The van der Waals surface area contributed by atoms with Crippen LogP contribution < -0.4 is 5.32 Å². The first-order valence-corrected chi connectivity index (χ1v) is 8.02. The molecule has 0 aromatic heterocycles. The van der Waals surface area contributed by atoms with Crippen LogP contribution in [0.5, 0.6) is 0 Å². The number of piperazine rings is 1. The quantitative estimate of drug-likeness (QED) is 0.921. The predicted molar refractivity (Wildman–Crippen MR) is 81.5 cm³/mol. The molecule has 1 fully saturated rings. The molecule has 2 amide bonds. The van der Waals surface area contributed by atoms with Crippen LogP contribution in [-0.4, -0.2) is 40.8 Å². The lowest BCUT2D eigenvalue weighted by Crippen LogP contribution is -2.59. The van der Waals surface area contributed by atoms with Gasteiger partial charge in [-0.3, -0.25) is 9.59 Å². The van der Waals surface area contributed by atoms with Gasteiger partial charge in [-0.1, -0.05) is 37.3 Å². The summed E-state index contributed by atoms with van der Waals surface area (Å²) in [4.78, 5) is 26.4. The fourth-order valence-electron chi connectivity index (χ4n) is 2.39. The molecule has 1 aromatic rings. The number of hydrogen-bond acceptors (Lipinski definition) is 3. The van der Waals surface area contributed by atoms with Crippen LogP contribution >= 0.6 is 11.8 Å². The van der Waals surface area contributed by atoms with E-state index in [-0.39, 0.29) is 11.8 Å². The molecule has 1 aliphatic rings. The van der Waals surface area contributed by atoms with Gasteiger partial charge < -0.3 is 10.2 Å². The Bertz CT molecular complexity index is 492. The van der Waals surface area contributed by atoms with E-state index in [2.05, 4.69) is 12.2 Å². The third-order valence-electron chi connectivity index (χ3n) is 3.54. The topological polar surface area (TPSA) is 49.4 Å². The van der Waals surface area contributed by atoms with Crippen LogP contribution in [0.25, 0.3) is 0 Å². The average molecular weight is 292 g/mol. The number of carbonyl (C=O) groups is 2. The Morgan fingerprint density at radius 1 is 1.30 bits per heavy atom. The first kappa shape index (κ1) is 14.9. The van der Waals surface area contributed by atoms with E-state index in [1.54, 1.807) is 23.6 Å². The number of nitrogens with one attached hydrogen (secondary N) is 1. The largest absolute Gasteiger partial charge is 0.342 e. The molecule has 0 saturated carbocycles. The second-order valence-electron chi connectivity index (χ2n) is 5.08. The highest BCUT2D eigenvalue weighted by Gasteiger charge is 2.39. The summed E-state index contributed by atoms with van der Waals surface area (Å²) >= 11 is 1.69. The molecule has 3 unspecified atom stereocenters. The van der Waals surface area contributed by atoms with Crippen molar-refractivity contribution in [3.05, 3.63) is 35.9 Å². The number of nitrogens with zero attached hydrogens (tertiary/aromatic N) is 1. The molecule has 5 heteroatoms. The highest BCUT2D eigenvalue weighted by Crippen LogP contribution is 2.26. The summed E-state index contributed by atoms with van der Waals surface area (Å²) in [5.41, 5.74) is 0.860. The van der Waals surface area contributed by atoms with Crippen molar-refractivity contribution in [1.29, 1.82) is 0 Å². The van der Waals surface area contributed by atoms with Crippen LogP contribution in [0, 0.1) is 0 Å². The van der Waals surface area contributed by atoms with Gasteiger partial charge in [-0.2, -0.15) is 11.8 Å². The van der Waals surface area contributed by atoms with Gasteiger partial charge in [-0.15, -0.1) is 0 Å². The number of benzene rings is 1. The van der Waals surface area contributed by atoms with Crippen LogP contribution in [0.4, 0.5) is 0 Å². The van der Waals surface area contributed by atoms with Crippen molar-refractivity contribution in [1.82, 2.24) is 10.2 Å². The zero-order valence-corrected chi connectivity index (χ0v) is 12.8. The third-order valence-corrected chi connectivity index (χ3v) is 4.50. The number of thioether (sulfide) groups is 1. The van der Waals surface area contributed by atoms with Crippen LogP contribution in [-0.2, 0) is 9.59 Å². The summed E-state index contributed by atoms with van der Waals surface area (Å²) in [6.07, 6.45) is 2.01. The zero-order chi connectivity index (χ0) is 14.7. The van der Waals surface area contributed by atoms with E-state index in [1.807, 2.05) is 36.6 Å². The van der Waals surface area contributed by atoms with Gasteiger partial charge in [0.05, 0.1) is 0 Å². The van der Waals surface area contributed by atoms with E-state index < -0.39 is 12.1 Å². The summed E-state index contributed by atoms with van der Waals surface area (Å²) in [6, 6.07) is 8.51. The first-order valence-electron chi connectivity index (χ1n) is 6.73. The monoisotopic (exact) mass is 292 g/mol. The molecule has 0 bridgehead atoms. The maximum absolute atomic E-state index is 12.4. The lowest BCUT2D eigenvalue weighted by molar-refractivity contribution is -0.149. The Morgan fingerprint density at radius 3 is 2.55 bits per heavy atom. The molecule has 1 saturated heterocycles. The number of rotatable bonds is 4. The highest BCUT2D eigenvalue weighted by atomic mass is 32.2. The number of amides is 2. The lowest BCUT2D eigenvalue weighted by Gasteiger charge is -2.39. The first-order chi connectivity index (χ1) is 9.54. The van der Waals surface area contributed by atoms with E-state index >= 15 is 0 Å². The molecule has 0 spiro atoms. The maximum Gasteiger partial charge on any atom is 0.248 e. The molecular weight excluding hydrogens is 272 g/mol. The van der Waals surface area contributed by atoms with Crippen molar-refractivity contribution in [3.63, 3.8) is 0 Å². The van der Waals surface area contributed by atoms with E-state index in [0.717, 1.165) is 5.56 Å². The fourth-order valence-corrected chi connectivity index (χ4v) is 2.69. The van der Waals surface area contributed by atoms with Gasteiger partial charge in [0.15, 0.2) is 0 Å². The fraction of sp³-hybridized carbons (Fsp3) is 0.467. The van der Waals surface area contributed by atoms with Crippen LogP contribution in [0.3, 0.4) is 0 Å². The molecule has 4 nitrogen and oxygen atoms in total. The summed E-state index contributed by atoms with van der Waals surface area (Å²) < 4.78 is 0. The molecule has 0 aliphatic carbocycles. The van der Waals surface area contributed by atoms with Crippen LogP contribution in [0.15, 0.2) is 30.3 Å². The van der Waals surface area contributed by atoms with E-state index in [0.29, 0.717) is 11.8 Å². The predicted octanol–water partition coefficient (Wildman–Crippen LogP) is 1.83. The highest BCUT2D eigenvalue weighted by molar-refractivity contribution is 7.99. The van der Waals surface area contributed by atoms with Gasteiger partial charge >= 0.3 is 0 Å². The Labute approximate surface area is 123 Å². The molecule has 3 atom stereocenters. The molecule has 0 radical (unpaired) electrons. The van der Waals surface area contributed by atoms with E-state index in [9.17, 15) is 9.59 Å². The molecule has 1 N–H and O–H groups in total. The van der Waals surface area contributed by atoms with Crippen molar-refractivity contribution < 1.29 is 9.59 Å². The molecular formula is C15H20N2O2S. The normalized spacial score (nSPS) is 24.4. The lowest BCUT2D eigenvalue weighted by atomic mass is 10.00. The minimum Gasteiger partial charge on any atom is -0.342 e. The maximum atomic E-state index is 12.4. The van der Waals surface area contributed by atoms with E-state index in [4.69, 9.17) is 0 Å². The van der Waals surface area contributed by atoms with Crippen molar-refractivity contribution in [2.75, 3.05) is 12.8 Å². The minimum absolute atomic E-state index is 0.0145. The summed E-state index contributed by atoms with van der Waals surface area (Å²) in [6.45, 7) is 4.38. The summed E-state index contributed by atoms with van der Waals surface area (Å²) in [5.74, 6) is -0.115. The number of carbonyl (C=O) groups excluding carboxylic acids is 2. The third kappa shape index (κ3) is 2.98. The van der Waals surface area contributed by atoms with Crippen LogP contribution in [0.1, 0.15) is 25.5 Å². The summed E-state index contributed by atoms with van der Waals surface area (Å²) in [5, 5.41) is 3.06. The summed E-state index contributed by atoms with van der Waals surface area (Å²) in [7, 11) is 0. The van der Waals surface area contributed by atoms with Gasteiger partial charge in [0.2, 0.25) is 11.8 Å². The molecule has 1 aliphatic heterocycles. The van der Waals surface area contributed by atoms with Gasteiger partial charge in [-0.05, 0) is 18.7 Å². The van der Waals surface area contributed by atoms with Crippen LogP contribution in [0.2, 0.25) is 0 Å². The van der Waals surface area contributed by atoms with E-state index in [1.165, 1.54) is 0 Å². The standard InChI is InChI=1S/C15H20N2O2S/c1-10(20-3)9-17-13(12-7-5-4-6-8-12)14(18)16-11(2)15(17)19/h4-8,10-11,13H,9H2,1-3H3,(H,16,18). The van der Waals surface area contributed by atoms with Gasteiger partial charge in [0.25, 0.3) is 0 Å². The van der Waals surface area contributed by atoms with Gasteiger partial charge in [0, 0.05) is 11.8 Å². The average Bonchev–Trinajstić information content (AvgIpc) is 2.45. The SMILES string of the molecule is CSC(C)CN1C(=O)C(C)NC(=O)C1c1ccccc1. The van der Waals surface area contributed by atoms with Crippen molar-refractivity contribution in [3.8, 4) is 0 Å². The molecule has 1 aromatic carbocycles. The second-order valence-corrected chi connectivity index (χ2v) is 6.36. The van der Waals surface area contributed by atoms with Gasteiger partial charge in [-0.25, -0.2) is 0 Å². The zero-order valence-electron chi connectivity index (χ0n) is 12.0. The van der Waals surface area contributed by atoms with Crippen molar-refractivity contribution in [2.24, 2.45) is 0 Å². The van der Waals surface area contributed by atoms with Crippen molar-refractivity contribution in [2.45, 2.75) is 31.2 Å². The minimum atomic E-state index is -0.519. The number of hydrogen-bond donors (Lipinski definition) is 1. The molecule has 20 heavy (non-hydrogen) atoms. The smallest absolute Gasteiger partial charge is 0.248 e. The van der Waals surface area contributed by atoms with Gasteiger partial charge in [0.1, 0.15) is 12.1 Å².